The molecule has 3 rings (SSSR count). The van der Waals surface area contributed by atoms with Gasteiger partial charge in [0.2, 0.25) is 21.8 Å². The number of nitrogens with one attached hydrogen (secondary N) is 1. The molecule has 8 nitrogen and oxygen atoms in total. The summed E-state index contributed by atoms with van der Waals surface area (Å²) in [5.41, 5.74) is 2.09. The van der Waals surface area contributed by atoms with Crippen molar-refractivity contribution >= 4 is 39.1 Å². The third-order valence-corrected chi connectivity index (χ3v) is 7.65. The predicted octanol–water partition coefficient (Wildman–Crippen LogP) is 5.02. The molecule has 40 heavy (non-hydrogen) atoms. The molecule has 0 aliphatic carbocycles. The number of hydrogen-bond donors (Lipinski definition) is 1. The number of benzene rings is 3. The third kappa shape index (κ3) is 8.99. The van der Waals surface area contributed by atoms with Crippen LogP contribution in [0.2, 0.25) is 5.02 Å². The summed E-state index contributed by atoms with van der Waals surface area (Å²) in [6.07, 6.45) is 2.16. The first kappa shape index (κ1) is 31.0. The molecule has 214 valence electrons. The monoisotopic (exact) mass is 585 g/mol. The first-order chi connectivity index (χ1) is 19.1. The Bertz CT molecular complexity index is 1350. The van der Waals surface area contributed by atoms with E-state index < -0.39 is 28.5 Å². The van der Waals surface area contributed by atoms with Crippen LogP contribution in [0, 0.1) is 0 Å². The highest BCUT2D eigenvalue weighted by atomic mass is 35.5. The van der Waals surface area contributed by atoms with Gasteiger partial charge in [-0.15, -0.1) is 0 Å². The van der Waals surface area contributed by atoms with E-state index in [-0.39, 0.29) is 12.5 Å². The number of sulfonamides is 1. The maximum absolute atomic E-state index is 13.7. The molecule has 0 unspecified atom stereocenters. The SMILES string of the molecule is CCCNC(=O)[C@@H](CC)N(Cc1ccc(Cl)cc1)C(=O)CN(c1ccc(OCc2ccccc2)cc1)S(C)(=O)=O. The van der Waals surface area contributed by atoms with Crippen molar-refractivity contribution in [3.8, 4) is 5.75 Å². The van der Waals surface area contributed by atoms with Crippen molar-refractivity contribution in [2.45, 2.75) is 45.9 Å². The summed E-state index contributed by atoms with van der Waals surface area (Å²) in [7, 11) is -3.83. The highest BCUT2D eigenvalue weighted by Crippen LogP contribution is 2.24. The van der Waals surface area contributed by atoms with Crippen LogP contribution in [-0.4, -0.2) is 50.5 Å². The van der Waals surface area contributed by atoms with Crippen LogP contribution < -0.4 is 14.4 Å². The molecule has 3 aromatic rings. The van der Waals surface area contributed by atoms with E-state index >= 15 is 0 Å². The molecule has 0 saturated carbocycles. The van der Waals surface area contributed by atoms with Crippen molar-refractivity contribution in [2.24, 2.45) is 0 Å². The van der Waals surface area contributed by atoms with Gasteiger partial charge in [0.05, 0.1) is 11.9 Å². The van der Waals surface area contributed by atoms with Gasteiger partial charge in [-0.2, -0.15) is 0 Å². The van der Waals surface area contributed by atoms with Gasteiger partial charge in [0.25, 0.3) is 0 Å². The van der Waals surface area contributed by atoms with Gasteiger partial charge in [-0.1, -0.05) is 67.9 Å². The second-order valence-corrected chi connectivity index (χ2v) is 11.7. The Hall–Kier alpha value is -3.56. The zero-order valence-corrected chi connectivity index (χ0v) is 24.6. The molecule has 1 N–H and O–H groups in total. The van der Waals surface area contributed by atoms with Gasteiger partial charge < -0.3 is 15.0 Å². The number of rotatable bonds is 14. The third-order valence-electron chi connectivity index (χ3n) is 6.25. The van der Waals surface area contributed by atoms with E-state index in [0.717, 1.165) is 28.1 Å². The van der Waals surface area contributed by atoms with Gasteiger partial charge >= 0.3 is 0 Å². The predicted molar refractivity (Wildman–Crippen MR) is 159 cm³/mol. The van der Waals surface area contributed by atoms with Crippen molar-refractivity contribution in [1.29, 1.82) is 0 Å². The number of anilines is 1. The first-order valence-electron chi connectivity index (χ1n) is 13.2. The largest absolute Gasteiger partial charge is 0.489 e. The Balaban J connectivity index is 1.83. The Morgan fingerprint density at radius 1 is 0.925 bits per heavy atom. The number of amides is 2. The fourth-order valence-corrected chi connectivity index (χ4v) is 5.11. The van der Waals surface area contributed by atoms with E-state index in [1.165, 1.54) is 4.90 Å². The second-order valence-electron chi connectivity index (χ2n) is 9.40. The highest BCUT2D eigenvalue weighted by Gasteiger charge is 2.31. The molecule has 0 aliphatic rings. The lowest BCUT2D eigenvalue weighted by Crippen LogP contribution is -2.52. The molecular weight excluding hydrogens is 550 g/mol. The topological polar surface area (TPSA) is 96.0 Å². The molecule has 3 aromatic carbocycles. The van der Waals surface area contributed by atoms with Crippen LogP contribution >= 0.6 is 11.6 Å². The molecule has 0 aliphatic heterocycles. The van der Waals surface area contributed by atoms with Crippen LogP contribution in [0.1, 0.15) is 37.8 Å². The Labute approximate surface area is 241 Å². The second kappa shape index (κ2) is 14.7. The van der Waals surface area contributed by atoms with E-state index in [0.29, 0.717) is 36.0 Å². The molecule has 0 saturated heterocycles. The van der Waals surface area contributed by atoms with Crippen molar-refractivity contribution in [3.63, 3.8) is 0 Å². The summed E-state index contributed by atoms with van der Waals surface area (Å²) >= 11 is 6.03. The average Bonchev–Trinajstić information content (AvgIpc) is 2.94. The molecule has 0 heterocycles. The zero-order chi connectivity index (χ0) is 29.1. The summed E-state index contributed by atoms with van der Waals surface area (Å²) in [5.74, 6) is -0.212. The minimum atomic E-state index is -3.83. The minimum absolute atomic E-state index is 0.123. The van der Waals surface area contributed by atoms with Crippen LogP contribution in [0.15, 0.2) is 78.9 Å². The maximum atomic E-state index is 13.7. The lowest BCUT2D eigenvalue weighted by atomic mass is 10.1. The van der Waals surface area contributed by atoms with Crippen molar-refractivity contribution in [3.05, 3.63) is 95.0 Å². The summed E-state index contributed by atoms with van der Waals surface area (Å²) in [6, 6.07) is 22.4. The highest BCUT2D eigenvalue weighted by molar-refractivity contribution is 7.92. The average molecular weight is 586 g/mol. The van der Waals surface area contributed by atoms with Crippen LogP contribution in [0.25, 0.3) is 0 Å². The number of hydrogen-bond acceptors (Lipinski definition) is 5. The summed E-state index contributed by atoms with van der Waals surface area (Å²) in [4.78, 5) is 28.2. The van der Waals surface area contributed by atoms with E-state index in [2.05, 4.69) is 5.32 Å². The Kier molecular flexibility index (Phi) is 11.4. The number of nitrogens with zero attached hydrogens (tertiary/aromatic N) is 2. The molecule has 2 amide bonds. The van der Waals surface area contributed by atoms with Gasteiger partial charge in [0, 0.05) is 18.1 Å². The molecule has 0 bridgehead atoms. The van der Waals surface area contributed by atoms with Crippen molar-refractivity contribution in [1.82, 2.24) is 10.2 Å². The van der Waals surface area contributed by atoms with Crippen LogP contribution in [0.4, 0.5) is 5.69 Å². The first-order valence-corrected chi connectivity index (χ1v) is 15.4. The fraction of sp³-hybridized carbons (Fsp3) is 0.333. The number of halogens is 1. The van der Waals surface area contributed by atoms with Crippen LogP contribution in [-0.2, 0) is 32.8 Å². The lowest BCUT2D eigenvalue weighted by Gasteiger charge is -2.33. The molecule has 0 fully saturated rings. The summed E-state index contributed by atoms with van der Waals surface area (Å²) in [6.45, 7) is 4.27. The smallest absolute Gasteiger partial charge is 0.244 e. The molecule has 0 spiro atoms. The van der Waals surface area contributed by atoms with E-state index in [1.807, 2.05) is 44.2 Å². The maximum Gasteiger partial charge on any atom is 0.244 e. The van der Waals surface area contributed by atoms with Gasteiger partial charge in [-0.3, -0.25) is 13.9 Å². The standard InChI is InChI=1S/C30H36ClN3O5S/c1-4-19-32-30(36)28(5-2)33(20-23-11-13-25(31)14-12-23)29(35)21-34(40(3,37)38)26-15-17-27(18-16-26)39-22-24-9-7-6-8-10-24/h6-18,28H,4-5,19-22H2,1-3H3,(H,32,36)/t28-/m1/s1. The molecule has 0 aromatic heterocycles. The lowest BCUT2D eigenvalue weighted by molar-refractivity contribution is -0.140. The van der Waals surface area contributed by atoms with Gasteiger partial charge in [0.1, 0.15) is 24.9 Å². The van der Waals surface area contributed by atoms with E-state index in [9.17, 15) is 18.0 Å². The molecule has 1 atom stereocenters. The van der Waals surface area contributed by atoms with Crippen molar-refractivity contribution in [2.75, 3.05) is 23.7 Å². The van der Waals surface area contributed by atoms with E-state index in [1.54, 1.807) is 48.5 Å². The summed E-state index contributed by atoms with van der Waals surface area (Å²) in [5, 5.41) is 3.41. The van der Waals surface area contributed by atoms with Crippen LogP contribution in [0.5, 0.6) is 5.75 Å². The Morgan fingerprint density at radius 3 is 2.15 bits per heavy atom. The number of carbonyl (C=O) groups is 2. The van der Waals surface area contributed by atoms with Gasteiger partial charge in [-0.25, -0.2) is 8.42 Å². The normalized spacial score (nSPS) is 11.9. The molecule has 10 heteroatoms. The zero-order valence-electron chi connectivity index (χ0n) is 23.0. The summed E-state index contributed by atoms with van der Waals surface area (Å²) < 4.78 is 32.5. The fourth-order valence-electron chi connectivity index (χ4n) is 4.14. The van der Waals surface area contributed by atoms with Gasteiger partial charge in [-0.05, 0) is 60.4 Å². The molecular formula is C30H36ClN3O5S. The van der Waals surface area contributed by atoms with Crippen LogP contribution in [0.3, 0.4) is 0 Å². The minimum Gasteiger partial charge on any atom is -0.489 e. The quantitative estimate of drug-likeness (QED) is 0.287. The van der Waals surface area contributed by atoms with E-state index in [4.69, 9.17) is 16.3 Å². The van der Waals surface area contributed by atoms with Gasteiger partial charge in [0.15, 0.2) is 0 Å². The number of ether oxygens (including phenoxy) is 1. The number of carbonyl (C=O) groups excluding carboxylic acids is 2. The van der Waals surface area contributed by atoms with Crippen molar-refractivity contribution < 1.29 is 22.7 Å². The Morgan fingerprint density at radius 2 is 1.57 bits per heavy atom. The molecule has 0 radical (unpaired) electrons.